The fraction of sp³-hybridized carbons (Fsp3) is 0. The van der Waals surface area contributed by atoms with E-state index in [9.17, 15) is 4.79 Å². The van der Waals surface area contributed by atoms with Gasteiger partial charge in [-0.15, -0.1) is 0 Å². The third-order valence-electron chi connectivity index (χ3n) is 2.93. The number of pyridine rings is 1. The Hall–Kier alpha value is -2.37. The fourth-order valence-corrected chi connectivity index (χ4v) is 2.44. The number of nitrogens with one attached hydrogen (secondary N) is 2. The molecule has 0 spiro atoms. The van der Waals surface area contributed by atoms with Crippen molar-refractivity contribution in [2.24, 2.45) is 0 Å². The molecule has 0 atom stereocenters. The molecule has 0 bridgehead atoms. The monoisotopic (exact) mass is 295 g/mol. The van der Waals surface area contributed by atoms with Gasteiger partial charge >= 0.3 is 0 Å². The second-order valence-electron chi connectivity index (χ2n) is 4.39. The van der Waals surface area contributed by atoms with Crippen LogP contribution >= 0.6 is 11.9 Å². The Morgan fingerprint density at radius 2 is 1.76 bits per heavy atom. The highest BCUT2D eigenvalue weighted by atomic mass is 32.2. The first-order chi connectivity index (χ1) is 10.3. The molecule has 1 heterocycles. The van der Waals surface area contributed by atoms with Crippen LogP contribution in [0.3, 0.4) is 0 Å². The van der Waals surface area contributed by atoms with E-state index in [4.69, 9.17) is 0 Å². The number of rotatable bonds is 4. The number of carbonyl (C=O) groups excluding carboxylic acids is 1. The second kappa shape index (κ2) is 6.39. The summed E-state index contributed by atoms with van der Waals surface area (Å²) in [6, 6.07) is 19.3. The summed E-state index contributed by atoms with van der Waals surface area (Å²) in [5, 5.41) is 0.945. The molecule has 0 unspecified atom stereocenters. The van der Waals surface area contributed by atoms with E-state index >= 15 is 0 Å². The molecule has 5 heteroatoms. The molecule has 0 aliphatic rings. The Balaban J connectivity index is 1.64. The highest BCUT2D eigenvalue weighted by Crippen LogP contribution is 2.14. The average Bonchev–Trinajstić information content (AvgIpc) is 2.55. The molecule has 104 valence electrons. The Morgan fingerprint density at radius 1 is 1.00 bits per heavy atom. The third-order valence-corrected chi connectivity index (χ3v) is 3.64. The molecular formula is C16H13N3OS. The summed E-state index contributed by atoms with van der Waals surface area (Å²) in [7, 11) is 0. The van der Waals surface area contributed by atoms with Gasteiger partial charge < -0.3 is 0 Å². The molecular weight excluding hydrogens is 282 g/mol. The van der Waals surface area contributed by atoms with E-state index in [1.807, 2.05) is 60.7 Å². The number of para-hydroxylation sites is 1. The molecule has 0 aliphatic heterocycles. The van der Waals surface area contributed by atoms with Gasteiger partial charge in [0.15, 0.2) is 0 Å². The van der Waals surface area contributed by atoms with Gasteiger partial charge in [0.05, 0.1) is 11.1 Å². The largest absolute Gasteiger partial charge is 0.277 e. The maximum Gasteiger partial charge on any atom is 0.267 e. The molecule has 2 aromatic carbocycles. The number of amides is 1. The average molecular weight is 295 g/mol. The highest BCUT2D eigenvalue weighted by molar-refractivity contribution is 7.97. The van der Waals surface area contributed by atoms with Gasteiger partial charge in [-0.05, 0) is 36.2 Å². The quantitative estimate of drug-likeness (QED) is 0.573. The van der Waals surface area contributed by atoms with Crippen molar-refractivity contribution in [2.75, 3.05) is 0 Å². The first-order valence-corrected chi connectivity index (χ1v) is 7.26. The van der Waals surface area contributed by atoms with Crippen molar-refractivity contribution in [3.05, 3.63) is 72.4 Å². The third kappa shape index (κ3) is 3.39. The minimum Gasteiger partial charge on any atom is -0.277 e. The lowest BCUT2D eigenvalue weighted by Gasteiger charge is -2.07. The molecule has 21 heavy (non-hydrogen) atoms. The van der Waals surface area contributed by atoms with Crippen molar-refractivity contribution in [3.63, 3.8) is 0 Å². The van der Waals surface area contributed by atoms with Crippen LogP contribution < -0.4 is 10.3 Å². The van der Waals surface area contributed by atoms with Gasteiger partial charge in [-0.1, -0.05) is 36.4 Å². The SMILES string of the molecule is O=C(NNSc1ccccc1)c1cnc2ccccc2c1. The molecule has 0 aliphatic carbocycles. The van der Waals surface area contributed by atoms with Crippen LogP contribution in [-0.4, -0.2) is 10.9 Å². The Kier molecular flexibility index (Phi) is 4.14. The summed E-state index contributed by atoms with van der Waals surface area (Å²) in [6.45, 7) is 0. The van der Waals surface area contributed by atoms with E-state index in [1.165, 1.54) is 11.9 Å². The van der Waals surface area contributed by atoms with E-state index < -0.39 is 0 Å². The lowest BCUT2D eigenvalue weighted by atomic mass is 10.1. The minimum atomic E-state index is -0.211. The van der Waals surface area contributed by atoms with Gasteiger partial charge in [-0.25, -0.2) is 0 Å². The number of hydrogen-bond donors (Lipinski definition) is 2. The topological polar surface area (TPSA) is 54.0 Å². The number of aromatic nitrogens is 1. The van der Waals surface area contributed by atoms with Crippen molar-refractivity contribution >= 4 is 28.8 Å². The lowest BCUT2D eigenvalue weighted by molar-refractivity contribution is 0.0947. The van der Waals surface area contributed by atoms with Crippen LogP contribution in [0.5, 0.6) is 0 Å². The summed E-state index contributed by atoms with van der Waals surface area (Å²) in [5.74, 6) is -0.211. The van der Waals surface area contributed by atoms with E-state index in [2.05, 4.69) is 15.2 Å². The molecule has 2 N–H and O–H groups in total. The Bertz CT molecular complexity index is 762. The Morgan fingerprint density at radius 3 is 2.62 bits per heavy atom. The van der Waals surface area contributed by atoms with Gasteiger partial charge in [0.2, 0.25) is 0 Å². The van der Waals surface area contributed by atoms with Crippen molar-refractivity contribution in [1.82, 2.24) is 15.2 Å². The first kappa shape index (κ1) is 13.6. The van der Waals surface area contributed by atoms with Crippen molar-refractivity contribution in [3.8, 4) is 0 Å². The Labute approximate surface area is 126 Å². The molecule has 1 amide bonds. The summed E-state index contributed by atoms with van der Waals surface area (Å²) < 4.78 is 0. The van der Waals surface area contributed by atoms with Gasteiger partial charge in [0.1, 0.15) is 0 Å². The number of benzene rings is 2. The fourth-order valence-electron chi connectivity index (χ4n) is 1.89. The summed E-state index contributed by atoms with van der Waals surface area (Å²) in [4.78, 5) is 20.2. The minimum absolute atomic E-state index is 0.211. The lowest BCUT2D eigenvalue weighted by Crippen LogP contribution is -2.32. The maximum absolute atomic E-state index is 12.1. The number of hydrazine groups is 1. The van der Waals surface area contributed by atoms with E-state index in [0.717, 1.165) is 15.8 Å². The molecule has 0 radical (unpaired) electrons. The molecule has 1 aromatic heterocycles. The summed E-state index contributed by atoms with van der Waals surface area (Å²) >= 11 is 1.34. The van der Waals surface area contributed by atoms with Crippen molar-refractivity contribution in [1.29, 1.82) is 0 Å². The number of nitrogens with zero attached hydrogens (tertiary/aromatic N) is 1. The van der Waals surface area contributed by atoms with Crippen LogP contribution in [0.25, 0.3) is 10.9 Å². The van der Waals surface area contributed by atoms with Crippen molar-refractivity contribution < 1.29 is 4.79 Å². The molecule has 3 rings (SSSR count). The predicted molar refractivity (Wildman–Crippen MR) is 84.6 cm³/mol. The standard InChI is InChI=1S/C16H13N3OS/c20-16(18-19-21-14-7-2-1-3-8-14)13-10-12-6-4-5-9-15(12)17-11-13/h1-11,19H,(H,18,20). The van der Waals surface area contributed by atoms with Gasteiger partial charge in [-0.3, -0.25) is 15.2 Å². The van der Waals surface area contributed by atoms with Gasteiger partial charge in [0, 0.05) is 16.5 Å². The molecule has 4 nitrogen and oxygen atoms in total. The number of fused-ring (bicyclic) bond motifs is 1. The van der Waals surface area contributed by atoms with Crippen LogP contribution in [0.2, 0.25) is 0 Å². The first-order valence-electron chi connectivity index (χ1n) is 6.45. The van der Waals surface area contributed by atoms with E-state index in [1.54, 1.807) is 6.20 Å². The zero-order chi connectivity index (χ0) is 14.5. The van der Waals surface area contributed by atoms with Crippen molar-refractivity contribution in [2.45, 2.75) is 4.90 Å². The van der Waals surface area contributed by atoms with Crippen LogP contribution in [0.1, 0.15) is 10.4 Å². The van der Waals surface area contributed by atoms with Crippen LogP contribution in [0, 0.1) is 0 Å². The smallest absolute Gasteiger partial charge is 0.267 e. The zero-order valence-electron chi connectivity index (χ0n) is 11.1. The normalized spacial score (nSPS) is 10.5. The number of hydrogen-bond acceptors (Lipinski definition) is 4. The highest BCUT2D eigenvalue weighted by Gasteiger charge is 2.06. The van der Waals surface area contributed by atoms with Crippen LogP contribution in [-0.2, 0) is 0 Å². The molecule has 3 aromatic rings. The second-order valence-corrected chi connectivity index (χ2v) is 5.27. The molecule has 0 fully saturated rings. The zero-order valence-corrected chi connectivity index (χ0v) is 11.9. The summed E-state index contributed by atoms with van der Waals surface area (Å²) in [6.07, 6.45) is 1.58. The summed E-state index contributed by atoms with van der Waals surface area (Å²) in [5.41, 5.74) is 4.04. The predicted octanol–water partition coefficient (Wildman–Crippen LogP) is 3.18. The van der Waals surface area contributed by atoms with Crippen LogP contribution in [0.15, 0.2) is 71.8 Å². The van der Waals surface area contributed by atoms with Crippen LogP contribution in [0.4, 0.5) is 0 Å². The van der Waals surface area contributed by atoms with Gasteiger partial charge in [-0.2, -0.15) is 4.83 Å². The maximum atomic E-state index is 12.1. The van der Waals surface area contributed by atoms with E-state index in [-0.39, 0.29) is 5.91 Å². The molecule has 0 saturated heterocycles. The van der Waals surface area contributed by atoms with Gasteiger partial charge in [0.25, 0.3) is 5.91 Å². The molecule has 0 saturated carbocycles. The number of carbonyl (C=O) groups is 1. The van der Waals surface area contributed by atoms with E-state index in [0.29, 0.717) is 5.56 Å².